The predicted molar refractivity (Wildman–Crippen MR) is 230 cm³/mol. The molecule has 5 aromatic rings. The minimum Gasteiger partial charge on any atom is -0.470 e. The SMILES string of the molecule is C=C[C@@H]1C[C@]1(NC(=O)[C@@H]1C[C@@H](Oc2nc(-c3ccc(C(F)(F)F)cc3)nc3c2oc2ccccc23)CN1C(=O)[C@@H](Nc1cccc(C(=O)N(C)C)c1)C(C)C)C(=O)NS(=O)(=O)C1CC1. The summed E-state index contributed by atoms with van der Waals surface area (Å²) < 4.78 is 81.0. The molecular weight excluding hydrogens is 856 g/mol. The lowest BCUT2D eigenvalue weighted by atomic mass is 10.0. The van der Waals surface area contributed by atoms with Gasteiger partial charge in [0.1, 0.15) is 34.8 Å². The highest BCUT2D eigenvalue weighted by atomic mass is 32.2. The monoisotopic (exact) mass is 901 g/mol. The lowest BCUT2D eigenvalue weighted by molar-refractivity contribution is -0.140. The van der Waals surface area contributed by atoms with Gasteiger partial charge in [0.15, 0.2) is 5.82 Å². The van der Waals surface area contributed by atoms with Crippen molar-refractivity contribution in [1.29, 1.82) is 0 Å². The number of nitrogens with zero attached hydrogens (tertiary/aromatic N) is 4. The Bertz CT molecular complexity index is 2790. The number of hydrogen-bond donors (Lipinski definition) is 3. The molecule has 3 aliphatic rings. The van der Waals surface area contributed by atoms with E-state index < -0.39 is 74.4 Å². The Balaban J connectivity index is 1.14. The van der Waals surface area contributed by atoms with Crippen LogP contribution < -0.4 is 20.1 Å². The van der Waals surface area contributed by atoms with Crippen LogP contribution >= 0.6 is 0 Å². The molecule has 4 amide bonds. The van der Waals surface area contributed by atoms with Crippen molar-refractivity contribution in [2.75, 3.05) is 26.0 Å². The van der Waals surface area contributed by atoms with Gasteiger partial charge >= 0.3 is 6.18 Å². The number of benzene rings is 3. The molecular formula is C45H46F3N7O8S. The number of furan rings is 1. The molecule has 0 bridgehead atoms. The van der Waals surface area contributed by atoms with Gasteiger partial charge in [-0.25, -0.2) is 13.4 Å². The standard InChI is InChI=1S/C45H46F3N7O8S/c1-6-27-22-44(27,43(59)53-64(60,61)31-18-19-31)52-39(56)33-21-30(23-55(33)42(58)35(24(2)3)49-29-11-9-10-26(20-29)41(57)54(4)5)62-40-37-36(32-12-7-8-13-34(32)63-37)50-38(51-40)25-14-16-28(17-15-25)45(46,47)48/h6-17,20,24,27,30-31,33,35,49H,1,18-19,21-23H2,2-5H3,(H,52,56)(H,53,59)/t27-,30-,33+,35+,44-/m1/s1. The Morgan fingerprint density at radius 2 is 1.73 bits per heavy atom. The summed E-state index contributed by atoms with van der Waals surface area (Å²) in [6.07, 6.45) is -3.30. The van der Waals surface area contributed by atoms with E-state index >= 15 is 0 Å². The number of alkyl halides is 3. The van der Waals surface area contributed by atoms with E-state index in [0.717, 1.165) is 12.1 Å². The van der Waals surface area contributed by atoms with Gasteiger partial charge in [-0.05, 0) is 67.6 Å². The number of aromatic nitrogens is 2. The maximum absolute atomic E-state index is 14.9. The lowest BCUT2D eigenvalue weighted by Gasteiger charge is -2.31. The summed E-state index contributed by atoms with van der Waals surface area (Å²) in [5.74, 6) is -3.45. The summed E-state index contributed by atoms with van der Waals surface area (Å²) >= 11 is 0. The fraction of sp³-hybridized carbons (Fsp3) is 0.378. The van der Waals surface area contributed by atoms with Crippen LogP contribution in [-0.2, 0) is 30.6 Å². The summed E-state index contributed by atoms with van der Waals surface area (Å²) in [5.41, 5.74) is -0.546. The molecule has 3 heterocycles. The molecule has 2 aromatic heterocycles. The lowest BCUT2D eigenvalue weighted by Crippen LogP contribution is -2.58. The Hall–Kier alpha value is -6.50. The van der Waals surface area contributed by atoms with Crippen molar-refractivity contribution in [3.05, 3.63) is 96.6 Å². The van der Waals surface area contributed by atoms with Crippen molar-refractivity contribution in [2.24, 2.45) is 11.8 Å². The van der Waals surface area contributed by atoms with Gasteiger partial charge in [-0.15, -0.1) is 6.58 Å². The third kappa shape index (κ3) is 8.59. The van der Waals surface area contributed by atoms with Gasteiger partial charge in [-0.1, -0.05) is 50.3 Å². The Labute approximate surface area is 366 Å². The number of anilines is 1. The molecule has 15 nitrogen and oxygen atoms in total. The summed E-state index contributed by atoms with van der Waals surface area (Å²) in [7, 11) is -0.741. The van der Waals surface area contributed by atoms with Crippen molar-refractivity contribution in [1.82, 2.24) is 29.8 Å². The first kappa shape index (κ1) is 44.1. The first-order valence-corrected chi connectivity index (χ1v) is 22.3. The van der Waals surface area contributed by atoms with Gasteiger partial charge in [-0.2, -0.15) is 18.2 Å². The molecule has 1 saturated heterocycles. The number of ether oxygens (including phenoxy) is 1. The second-order valence-electron chi connectivity index (χ2n) is 17.0. The quantitative estimate of drug-likeness (QED) is 0.112. The molecule has 1 aliphatic heterocycles. The molecule has 2 saturated carbocycles. The van der Waals surface area contributed by atoms with E-state index in [1.54, 1.807) is 62.6 Å². The zero-order valence-corrected chi connectivity index (χ0v) is 36.1. The molecule has 0 spiro atoms. The fourth-order valence-corrected chi connectivity index (χ4v) is 9.37. The van der Waals surface area contributed by atoms with Crippen LogP contribution in [0.15, 0.2) is 89.9 Å². The van der Waals surface area contributed by atoms with E-state index in [9.17, 15) is 40.8 Å². The number of rotatable bonds is 14. The first-order valence-electron chi connectivity index (χ1n) is 20.7. The fourth-order valence-electron chi connectivity index (χ4n) is 8.01. The Kier molecular flexibility index (Phi) is 11.4. The van der Waals surface area contributed by atoms with Gasteiger partial charge in [0.05, 0.1) is 17.4 Å². The van der Waals surface area contributed by atoms with Gasteiger partial charge in [0, 0.05) is 48.6 Å². The number of carbonyl (C=O) groups excluding carboxylic acids is 4. The molecule has 64 heavy (non-hydrogen) atoms. The zero-order chi connectivity index (χ0) is 45.9. The van der Waals surface area contributed by atoms with Crippen molar-refractivity contribution in [2.45, 2.75) is 74.7 Å². The number of carbonyl (C=O) groups is 4. The molecule has 2 aliphatic carbocycles. The molecule has 5 atom stereocenters. The van der Waals surface area contributed by atoms with E-state index in [0.29, 0.717) is 40.6 Å². The number of halogens is 3. The number of fused-ring (bicyclic) bond motifs is 3. The first-order chi connectivity index (χ1) is 30.3. The number of likely N-dealkylation sites (tertiary alicyclic amines) is 1. The van der Waals surface area contributed by atoms with Crippen LogP contribution in [-0.4, -0.2) is 101 Å². The molecule has 0 unspecified atom stereocenters. The summed E-state index contributed by atoms with van der Waals surface area (Å²) in [4.78, 5) is 67.9. The predicted octanol–water partition coefficient (Wildman–Crippen LogP) is 5.92. The van der Waals surface area contributed by atoms with Gasteiger partial charge in [0.2, 0.25) is 27.4 Å². The zero-order valence-electron chi connectivity index (χ0n) is 35.3. The number of para-hydroxylation sites is 1. The normalized spacial score (nSPS) is 21.4. The minimum atomic E-state index is -4.57. The van der Waals surface area contributed by atoms with Crippen LogP contribution in [0.3, 0.4) is 0 Å². The second kappa shape index (κ2) is 16.6. The summed E-state index contributed by atoms with van der Waals surface area (Å²) in [6.45, 7) is 7.22. The van der Waals surface area contributed by atoms with Gasteiger partial charge in [-0.3, -0.25) is 23.9 Å². The number of hydrogen-bond acceptors (Lipinski definition) is 11. The maximum Gasteiger partial charge on any atom is 0.416 e. The molecule has 19 heteroatoms. The highest BCUT2D eigenvalue weighted by Crippen LogP contribution is 2.46. The number of amides is 4. The maximum atomic E-state index is 14.9. The summed E-state index contributed by atoms with van der Waals surface area (Å²) in [5, 5.41) is 5.90. The van der Waals surface area contributed by atoms with Crippen molar-refractivity contribution in [3.63, 3.8) is 0 Å². The molecule has 0 radical (unpaired) electrons. The highest BCUT2D eigenvalue weighted by molar-refractivity contribution is 7.91. The topological polar surface area (TPSA) is 193 Å². The van der Waals surface area contributed by atoms with Crippen LogP contribution in [0, 0.1) is 11.8 Å². The Morgan fingerprint density at radius 1 is 1.02 bits per heavy atom. The smallest absolute Gasteiger partial charge is 0.416 e. The third-order valence-electron chi connectivity index (χ3n) is 11.8. The van der Waals surface area contributed by atoms with Crippen LogP contribution in [0.4, 0.5) is 18.9 Å². The van der Waals surface area contributed by atoms with Crippen LogP contribution in [0.25, 0.3) is 33.5 Å². The van der Waals surface area contributed by atoms with Crippen LogP contribution in [0.5, 0.6) is 5.88 Å². The van der Waals surface area contributed by atoms with Crippen molar-refractivity contribution in [3.8, 4) is 17.3 Å². The highest BCUT2D eigenvalue weighted by Gasteiger charge is 2.62. The molecule has 3 fully saturated rings. The minimum absolute atomic E-state index is 0.0281. The number of sulfonamides is 1. The average molecular weight is 902 g/mol. The van der Waals surface area contributed by atoms with E-state index in [1.807, 2.05) is 13.8 Å². The van der Waals surface area contributed by atoms with E-state index in [2.05, 4.69) is 31.9 Å². The van der Waals surface area contributed by atoms with Crippen LogP contribution in [0.1, 0.15) is 55.5 Å². The molecule has 3 N–H and O–H groups in total. The largest absolute Gasteiger partial charge is 0.470 e. The molecule has 8 rings (SSSR count). The molecule has 3 aromatic carbocycles. The number of nitrogens with one attached hydrogen (secondary N) is 3. The molecule has 336 valence electrons. The third-order valence-corrected chi connectivity index (χ3v) is 13.6. The van der Waals surface area contributed by atoms with E-state index in [1.165, 1.54) is 28.0 Å². The van der Waals surface area contributed by atoms with E-state index in [4.69, 9.17) is 9.15 Å². The average Bonchev–Trinajstić information content (AvgIpc) is 4.17. The van der Waals surface area contributed by atoms with Gasteiger partial charge < -0.3 is 29.6 Å². The van der Waals surface area contributed by atoms with Crippen molar-refractivity contribution < 1.29 is 49.9 Å². The second-order valence-corrected chi connectivity index (χ2v) is 19.0. The van der Waals surface area contributed by atoms with Crippen molar-refractivity contribution >= 4 is 61.4 Å². The van der Waals surface area contributed by atoms with E-state index in [-0.39, 0.29) is 54.1 Å². The van der Waals surface area contributed by atoms with Crippen LogP contribution in [0.2, 0.25) is 0 Å². The Morgan fingerprint density at radius 3 is 2.38 bits per heavy atom. The summed E-state index contributed by atoms with van der Waals surface area (Å²) in [6, 6.07) is 15.7. The van der Waals surface area contributed by atoms with Gasteiger partial charge in [0.25, 0.3) is 17.7 Å².